The van der Waals surface area contributed by atoms with E-state index >= 15 is 0 Å². The summed E-state index contributed by atoms with van der Waals surface area (Å²) in [4.78, 5) is 14.5. The quantitative estimate of drug-likeness (QED) is 0.518. The molecule has 0 fully saturated rings. The van der Waals surface area contributed by atoms with Crippen LogP contribution in [-0.4, -0.2) is 47.5 Å². The lowest BCUT2D eigenvalue weighted by molar-refractivity contribution is 0.0785. The maximum absolute atomic E-state index is 13.1. The van der Waals surface area contributed by atoms with Crippen molar-refractivity contribution in [2.45, 2.75) is 11.4 Å². The summed E-state index contributed by atoms with van der Waals surface area (Å²) in [7, 11) is 2.44. The number of hydrogen-bond acceptors (Lipinski definition) is 5. The van der Waals surface area contributed by atoms with Gasteiger partial charge in [0.2, 0.25) is 0 Å². The highest BCUT2D eigenvalue weighted by Gasteiger charge is 2.23. The SMILES string of the molecule is COc1ccc(CN(C)C(=O)c2cccc(S(=O)(=O)N(C)c3ccc(OC)cc3)c2)cc1. The van der Waals surface area contributed by atoms with Crippen molar-refractivity contribution in [3.05, 3.63) is 83.9 Å². The Morgan fingerprint density at radius 1 is 0.844 bits per heavy atom. The maximum Gasteiger partial charge on any atom is 0.264 e. The summed E-state index contributed by atoms with van der Waals surface area (Å²) in [5.41, 5.74) is 1.72. The smallest absolute Gasteiger partial charge is 0.264 e. The van der Waals surface area contributed by atoms with Crippen LogP contribution in [0.2, 0.25) is 0 Å². The van der Waals surface area contributed by atoms with Crippen LogP contribution in [0.4, 0.5) is 5.69 Å². The van der Waals surface area contributed by atoms with Gasteiger partial charge in [-0.1, -0.05) is 18.2 Å². The molecule has 0 aliphatic carbocycles. The van der Waals surface area contributed by atoms with E-state index in [0.717, 1.165) is 11.3 Å². The zero-order valence-corrected chi connectivity index (χ0v) is 19.3. The third-order valence-corrected chi connectivity index (χ3v) is 6.88. The zero-order valence-electron chi connectivity index (χ0n) is 18.5. The number of amides is 1. The van der Waals surface area contributed by atoms with Gasteiger partial charge in [-0.2, -0.15) is 0 Å². The normalized spacial score (nSPS) is 11.0. The highest BCUT2D eigenvalue weighted by atomic mass is 32.2. The Bertz CT molecular complexity index is 1180. The van der Waals surface area contributed by atoms with Crippen molar-refractivity contribution in [2.24, 2.45) is 0 Å². The van der Waals surface area contributed by atoms with Gasteiger partial charge in [0.1, 0.15) is 11.5 Å². The topological polar surface area (TPSA) is 76.2 Å². The number of nitrogens with zero attached hydrogens (tertiary/aromatic N) is 2. The second kappa shape index (κ2) is 9.74. The van der Waals surface area contributed by atoms with Crippen LogP contribution in [0.25, 0.3) is 0 Å². The Balaban J connectivity index is 1.79. The van der Waals surface area contributed by atoms with Crippen LogP contribution in [0.5, 0.6) is 11.5 Å². The first-order valence-corrected chi connectivity index (χ1v) is 11.3. The largest absolute Gasteiger partial charge is 0.497 e. The van der Waals surface area contributed by atoms with Gasteiger partial charge in [-0.3, -0.25) is 9.10 Å². The van der Waals surface area contributed by atoms with Gasteiger partial charge in [0.05, 0.1) is 24.8 Å². The average molecular weight is 455 g/mol. The lowest BCUT2D eigenvalue weighted by Gasteiger charge is -2.21. The molecule has 0 atom stereocenters. The van der Waals surface area contributed by atoms with Gasteiger partial charge in [-0.05, 0) is 60.2 Å². The Hall–Kier alpha value is -3.52. The molecule has 0 aliphatic rings. The third kappa shape index (κ3) is 5.03. The number of carbonyl (C=O) groups excluding carboxylic acids is 1. The fourth-order valence-electron chi connectivity index (χ4n) is 3.18. The third-order valence-electron chi connectivity index (χ3n) is 5.10. The van der Waals surface area contributed by atoms with Gasteiger partial charge in [0.25, 0.3) is 15.9 Å². The van der Waals surface area contributed by atoms with Crippen molar-refractivity contribution in [1.29, 1.82) is 0 Å². The standard InChI is InChI=1S/C24H26N2O5S/c1-25(17-18-8-12-21(30-3)13-9-18)24(27)19-6-5-7-23(16-19)32(28,29)26(2)20-10-14-22(31-4)15-11-20/h5-16H,17H2,1-4H3. The fourth-order valence-corrected chi connectivity index (χ4v) is 4.42. The van der Waals surface area contributed by atoms with Crippen LogP contribution >= 0.6 is 0 Å². The zero-order chi connectivity index (χ0) is 23.3. The molecular formula is C24H26N2O5S. The molecule has 3 aromatic carbocycles. The summed E-state index contributed by atoms with van der Waals surface area (Å²) in [5.74, 6) is 1.10. The van der Waals surface area contributed by atoms with Crippen LogP contribution in [0, 0.1) is 0 Å². The number of rotatable bonds is 8. The number of sulfonamides is 1. The summed E-state index contributed by atoms with van der Waals surface area (Å²) in [5, 5.41) is 0. The van der Waals surface area contributed by atoms with E-state index in [1.807, 2.05) is 24.3 Å². The molecule has 32 heavy (non-hydrogen) atoms. The molecule has 0 radical (unpaired) electrons. The van der Waals surface area contributed by atoms with Gasteiger partial charge in [-0.25, -0.2) is 8.42 Å². The summed E-state index contributed by atoms with van der Waals surface area (Å²) in [6.07, 6.45) is 0. The van der Waals surface area contributed by atoms with Gasteiger partial charge in [0, 0.05) is 26.2 Å². The Morgan fingerprint density at radius 2 is 1.41 bits per heavy atom. The molecule has 0 unspecified atom stereocenters. The van der Waals surface area contributed by atoms with Gasteiger partial charge >= 0.3 is 0 Å². The van der Waals surface area contributed by atoms with Crippen molar-refractivity contribution < 1.29 is 22.7 Å². The average Bonchev–Trinajstić information content (AvgIpc) is 2.83. The first kappa shape index (κ1) is 23.1. The fraction of sp³-hybridized carbons (Fsp3) is 0.208. The lowest BCUT2D eigenvalue weighted by Crippen LogP contribution is -2.28. The maximum atomic E-state index is 13.1. The van der Waals surface area contributed by atoms with Crippen LogP contribution in [0.15, 0.2) is 77.7 Å². The van der Waals surface area contributed by atoms with Crippen LogP contribution in [0.3, 0.4) is 0 Å². The molecule has 1 amide bonds. The monoisotopic (exact) mass is 454 g/mol. The molecule has 0 aromatic heterocycles. The second-order valence-corrected chi connectivity index (χ2v) is 9.18. The second-order valence-electron chi connectivity index (χ2n) is 7.21. The Morgan fingerprint density at radius 3 is 1.97 bits per heavy atom. The van der Waals surface area contributed by atoms with Crippen molar-refractivity contribution in [2.75, 3.05) is 32.6 Å². The van der Waals surface area contributed by atoms with Crippen molar-refractivity contribution in [3.63, 3.8) is 0 Å². The predicted molar refractivity (Wildman–Crippen MR) is 124 cm³/mol. The van der Waals surface area contributed by atoms with E-state index in [0.29, 0.717) is 23.5 Å². The summed E-state index contributed by atoms with van der Waals surface area (Å²) in [6, 6.07) is 20.2. The highest BCUT2D eigenvalue weighted by Crippen LogP contribution is 2.25. The Kier molecular flexibility index (Phi) is 7.05. The molecule has 168 valence electrons. The van der Waals surface area contributed by atoms with Crippen LogP contribution in [0.1, 0.15) is 15.9 Å². The summed E-state index contributed by atoms with van der Waals surface area (Å²) in [6.45, 7) is 0.381. The van der Waals surface area contributed by atoms with E-state index in [1.165, 1.54) is 23.5 Å². The predicted octanol–water partition coefficient (Wildman–Crippen LogP) is 3.80. The molecular weight excluding hydrogens is 428 g/mol. The number of anilines is 1. The minimum atomic E-state index is -3.85. The molecule has 3 aromatic rings. The molecule has 0 N–H and O–H groups in total. The number of methoxy groups -OCH3 is 2. The first-order chi connectivity index (χ1) is 15.3. The van der Waals surface area contributed by atoms with E-state index in [9.17, 15) is 13.2 Å². The van der Waals surface area contributed by atoms with Crippen molar-refractivity contribution in [3.8, 4) is 11.5 Å². The molecule has 0 saturated heterocycles. The molecule has 0 saturated carbocycles. The summed E-state index contributed by atoms with van der Waals surface area (Å²) < 4.78 is 37.7. The molecule has 3 rings (SSSR count). The van der Waals surface area contributed by atoms with E-state index < -0.39 is 10.0 Å². The van der Waals surface area contributed by atoms with E-state index in [1.54, 1.807) is 62.6 Å². The molecule has 0 bridgehead atoms. The minimum Gasteiger partial charge on any atom is -0.497 e. The van der Waals surface area contributed by atoms with Crippen molar-refractivity contribution >= 4 is 21.6 Å². The van der Waals surface area contributed by atoms with Crippen LogP contribution in [-0.2, 0) is 16.6 Å². The molecule has 8 heteroatoms. The van der Waals surface area contributed by atoms with Gasteiger partial charge < -0.3 is 14.4 Å². The molecule has 7 nitrogen and oxygen atoms in total. The van der Waals surface area contributed by atoms with E-state index in [2.05, 4.69) is 0 Å². The number of benzene rings is 3. The van der Waals surface area contributed by atoms with E-state index in [-0.39, 0.29) is 10.8 Å². The van der Waals surface area contributed by atoms with Crippen LogP contribution < -0.4 is 13.8 Å². The van der Waals surface area contributed by atoms with Gasteiger partial charge in [0.15, 0.2) is 0 Å². The lowest BCUT2D eigenvalue weighted by atomic mass is 10.1. The van der Waals surface area contributed by atoms with Crippen molar-refractivity contribution in [1.82, 2.24) is 4.90 Å². The van der Waals surface area contributed by atoms with Gasteiger partial charge in [-0.15, -0.1) is 0 Å². The molecule has 0 aliphatic heterocycles. The molecule has 0 heterocycles. The summed E-state index contributed by atoms with van der Waals surface area (Å²) >= 11 is 0. The number of ether oxygens (including phenoxy) is 2. The highest BCUT2D eigenvalue weighted by molar-refractivity contribution is 7.92. The first-order valence-electron chi connectivity index (χ1n) is 9.87. The number of hydrogen-bond donors (Lipinski definition) is 0. The number of carbonyl (C=O) groups is 1. The van der Waals surface area contributed by atoms with E-state index in [4.69, 9.17) is 9.47 Å². The minimum absolute atomic E-state index is 0.0412. The Labute approximate surface area is 188 Å². The molecule has 0 spiro atoms.